The predicted octanol–water partition coefficient (Wildman–Crippen LogP) is 1.72. The Balaban J connectivity index is 1.70. The van der Waals surface area contributed by atoms with E-state index in [0.29, 0.717) is 6.04 Å². The lowest BCUT2D eigenvalue weighted by Crippen LogP contribution is -2.48. The molecule has 0 radical (unpaired) electrons. The SMILES string of the molecule is CCCC[C@@H](c1nnnn1C[C@@H]1CCCO1)N1CCN(CC)CC1. The minimum atomic E-state index is 0.274. The molecule has 3 heterocycles. The van der Waals surface area contributed by atoms with Gasteiger partial charge < -0.3 is 9.64 Å². The molecule has 2 fully saturated rings. The first kappa shape index (κ1) is 17.8. The van der Waals surface area contributed by atoms with Crippen LogP contribution in [0.15, 0.2) is 0 Å². The zero-order valence-electron chi connectivity index (χ0n) is 15.2. The van der Waals surface area contributed by atoms with E-state index in [4.69, 9.17) is 4.74 Å². The number of ether oxygens (including phenoxy) is 1. The maximum absolute atomic E-state index is 5.78. The van der Waals surface area contributed by atoms with Crippen molar-refractivity contribution >= 4 is 0 Å². The molecular weight excluding hydrogens is 304 g/mol. The molecule has 0 bridgehead atoms. The number of piperazine rings is 1. The van der Waals surface area contributed by atoms with Crippen LogP contribution in [0.1, 0.15) is 57.8 Å². The number of likely N-dealkylation sites (N-methyl/N-ethyl adjacent to an activating group) is 1. The minimum absolute atomic E-state index is 0.274. The Kier molecular flexibility index (Phi) is 6.57. The molecule has 2 atom stereocenters. The van der Waals surface area contributed by atoms with Gasteiger partial charge in [-0.3, -0.25) is 4.90 Å². The average Bonchev–Trinajstić information content (AvgIpc) is 3.29. The van der Waals surface area contributed by atoms with E-state index in [1.54, 1.807) is 0 Å². The highest BCUT2D eigenvalue weighted by atomic mass is 16.5. The third-order valence-corrected chi connectivity index (χ3v) is 5.38. The van der Waals surface area contributed by atoms with Gasteiger partial charge in [0.05, 0.1) is 18.7 Å². The molecule has 136 valence electrons. The van der Waals surface area contributed by atoms with Crippen molar-refractivity contribution in [2.75, 3.05) is 39.3 Å². The molecule has 0 N–H and O–H groups in total. The van der Waals surface area contributed by atoms with Gasteiger partial charge in [0, 0.05) is 32.8 Å². The molecule has 0 spiro atoms. The average molecular weight is 336 g/mol. The maximum atomic E-state index is 5.78. The summed E-state index contributed by atoms with van der Waals surface area (Å²) in [5.41, 5.74) is 0. The first-order chi connectivity index (χ1) is 11.8. The van der Waals surface area contributed by atoms with Crippen LogP contribution in [0, 0.1) is 0 Å². The van der Waals surface area contributed by atoms with E-state index in [1.807, 2.05) is 4.68 Å². The van der Waals surface area contributed by atoms with E-state index in [9.17, 15) is 0 Å². The number of hydrogen-bond acceptors (Lipinski definition) is 6. The topological polar surface area (TPSA) is 59.3 Å². The Morgan fingerprint density at radius 1 is 1.21 bits per heavy atom. The monoisotopic (exact) mass is 336 g/mol. The van der Waals surface area contributed by atoms with Crippen LogP contribution in [0.2, 0.25) is 0 Å². The van der Waals surface area contributed by atoms with Crippen LogP contribution in [0.25, 0.3) is 0 Å². The van der Waals surface area contributed by atoms with Gasteiger partial charge in [-0.15, -0.1) is 5.10 Å². The third kappa shape index (κ3) is 4.32. The summed E-state index contributed by atoms with van der Waals surface area (Å²) in [6, 6.07) is 0.334. The van der Waals surface area contributed by atoms with Gasteiger partial charge >= 0.3 is 0 Å². The zero-order valence-corrected chi connectivity index (χ0v) is 15.2. The van der Waals surface area contributed by atoms with Crippen LogP contribution in [0.5, 0.6) is 0 Å². The lowest BCUT2D eigenvalue weighted by atomic mass is 10.1. The second kappa shape index (κ2) is 8.87. The van der Waals surface area contributed by atoms with E-state index in [2.05, 4.69) is 39.2 Å². The van der Waals surface area contributed by atoms with Crippen LogP contribution in [0.4, 0.5) is 0 Å². The summed E-state index contributed by atoms with van der Waals surface area (Å²) in [6.45, 7) is 11.8. The summed E-state index contributed by atoms with van der Waals surface area (Å²) in [7, 11) is 0. The number of tetrazole rings is 1. The third-order valence-electron chi connectivity index (χ3n) is 5.38. The smallest absolute Gasteiger partial charge is 0.168 e. The Hall–Kier alpha value is -1.05. The van der Waals surface area contributed by atoms with Gasteiger partial charge in [-0.05, 0) is 36.2 Å². The molecule has 3 rings (SSSR count). The fourth-order valence-electron chi connectivity index (χ4n) is 3.83. The second-order valence-corrected chi connectivity index (χ2v) is 6.98. The lowest BCUT2D eigenvalue weighted by Gasteiger charge is -2.38. The van der Waals surface area contributed by atoms with Crippen molar-refractivity contribution in [2.45, 2.75) is 64.6 Å². The molecule has 2 aliphatic heterocycles. The first-order valence-electron chi connectivity index (χ1n) is 9.65. The summed E-state index contributed by atoms with van der Waals surface area (Å²) in [5.74, 6) is 1.03. The number of unbranched alkanes of at least 4 members (excludes halogenated alkanes) is 1. The van der Waals surface area contributed by atoms with Crippen LogP contribution >= 0.6 is 0 Å². The summed E-state index contributed by atoms with van der Waals surface area (Å²) in [5, 5.41) is 12.7. The molecular formula is C17H32N6O. The van der Waals surface area contributed by atoms with Crippen LogP contribution < -0.4 is 0 Å². The van der Waals surface area contributed by atoms with E-state index in [1.165, 1.54) is 12.8 Å². The molecule has 24 heavy (non-hydrogen) atoms. The molecule has 0 unspecified atom stereocenters. The summed E-state index contributed by atoms with van der Waals surface area (Å²) < 4.78 is 7.78. The molecule has 0 amide bonds. The van der Waals surface area contributed by atoms with Gasteiger partial charge in [0.15, 0.2) is 5.82 Å². The van der Waals surface area contributed by atoms with Crippen LogP contribution in [0.3, 0.4) is 0 Å². The highest BCUT2D eigenvalue weighted by molar-refractivity contribution is 4.95. The predicted molar refractivity (Wildman–Crippen MR) is 92.7 cm³/mol. The van der Waals surface area contributed by atoms with E-state index in [-0.39, 0.29) is 6.10 Å². The minimum Gasteiger partial charge on any atom is -0.376 e. The number of hydrogen-bond donors (Lipinski definition) is 0. The summed E-state index contributed by atoms with van der Waals surface area (Å²) >= 11 is 0. The van der Waals surface area contributed by atoms with Gasteiger partial charge in [0.1, 0.15) is 0 Å². The van der Waals surface area contributed by atoms with Crippen molar-refractivity contribution in [3.05, 3.63) is 5.82 Å². The molecule has 7 heteroatoms. The molecule has 0 aliphatic carbocycles. The highest BCUT2D eigenvalue weighted by Crippen LogP contribution is 2.26. The quantitative estimate of drug-likeness (QED) is 0.720. The molecule has 0 saturated carbocycles. The Morgan fingerprint density at radius 3 is 2.71 bits per heavy atom. The maximum Gasteiger partial charge on any atom is 0.168 e. The summed E-state index contributed by atoms with van der Waals surface area (Å²) in [6.07, 6.45) is 6.10. The fourth-order valence-corrected chi connectivity index (χ4v) is 3.83. The number of rotatable bonds is 8. The van der Waals surface area contributed by atoms with Crippen molar-refractivity contribution in [3.63, 3.8) is 0 Å². The highest BCUT2D eigenvalue weighted by Gasteiger charge is 2.29. The summed E-state index contributed by atoms with van der Waals surface area (Å²) in [4.78, 5) is 5.10. The second-order valence-electron chi connectivity index (χ2n) is 6.98. The lowest BCUT2D eigenvalue weighted by molar-refractivity contribution is 0.0770. The van der Waals surface area contributed by atoms with Crippen molar-refractivity contribution in [1.82, 2.24) is 30.0 Å². The van der Waals surface area contributed by atoms with Crippen LogP contribution in [-0.4, -0.2) is 75.4 Å². The zero-order chi connectivity index (χ0) is 16.8. The van der Waals surface area contributed by atoms with Crippen molar-refractivity contribution < 1.29 is 4.74 Å². The Labute approximate surface area is 145 Å². The fraction of sp³-hybridized carbons (Fsp3) is 0.941. The normalized spacial score (nSPS) is 24.5. The number of aromatic nitrogens is 4. The van der Waals surface area contributed by atoms with Crippen molar-refractivity contribution in [2.24, 2.45) is 0 Å². The largest absolute Gasteiger partial charge is 0.376 e. The first-order valence-corrected chi connectivity index (χ1v) is 9.65. The Morgan fingerprint density at radius 2 is 2.04 bits per heavy atom. The number of nitrogens with zero attached hydrogens (tertiary/aromatic N) is 6. The van der Waals surface area contributed by atoms with Crippen molar-refractivity contribution in [3.8, 4) is 0 Å². The molecule has 1 aromatic heterocycles. The van der Waals surface area contributed by atoms with Crippen LogP contribution in [-0.2, 0) is 11.3 Å². The van der Waals surface area contributed by atoms with E-state index >= 15 is 0 Å². The van der Waals surface area contributed by atoms with Gasteiger partial charge in [-0.1, -0.05) is 26.7 Å². The van der Waals surface area contributed by atoms with Crippen molar-refractivity contribution in [1.29, 1.82) is 0 Å². The Bertz CT molecular complexity index is 479. The molecule has 0 aromatic carbocycles. The molecule has 7 nitrogen and oxygen atoms in total. The van der Waals surface area contributed by atoms with Gasteiger partial charge in [0.25, 0.3) is 0 Å². The van der Waals surface area contributed by atoms with E-state index < -0.39 is 0 Å². The van der Waals surface area contributed by atoms with Gasteiger partial charge in [-0.25, -0.2) is 4.68 Å². The van der Waals surface area contributed by atoms with E-state index in [0.717, 1.165) is 71.0 Å². The molecule has 1 aromatic rings. The molecule has 2 aliphatic rings. The molecule has 2 saturated heterocycles. The van der Waals surface area contributed by atoms with Gasteiger partial charge in [0.2, 0.25) is 0 Å². The standard InChI is InChI=1S/C17H32N6O/c1-3-5-8-16(22-11-9-21(4-2)10-12-22)17-18-19-20-23(17)14-15-7-6-13-24-15/h15-16H,3-14H2,1-2H3/t15-,16-/m0/s1. The van der Waals surface area contributed by atoms with Gasteiger partial charge in [-0.2, -0.15) is 0 Å².